The number of halogens is 3. The third kappa shape index (κ3) is 6.32. The summed E-state index contributed by atoms with van der Waals surface area (Å²) in [5.41, 5.74) is 1.43. The monoisotopic (exact) mass is 547 g/mol. The van der Waals surface area contributed by atoms with Gasteiger partial charge in [-0.05, 0) is 71.9 Å². The Hall–Kier alpha value is -3.20. The van der Waals surface area contributed by atoms with Crippen LogP contribution in [0.1, 0.15) is 11.1 Å². The van der Waals surface area contributed by atoms with Crippen molar-refractivity contribution in [3.05, 3.63) is 92.6 Å². The van der Waals surface area contributed by atoms with Crippen LogP contribution in [0.3, 0.4) is 0 Å². The van der Waals surface area contributed by atoms with Crippen molar-refractivity contribution in [2.45, 2.75) is 6.61 Å². The van der Waals surface area contributed by atoms with Crippen molar-refractivity contribution >= 4 is 52.2 Å². The standard InChI is InChI=1S/C26H20Cl2FNO5S/c1-33-23-12-16(2-9-22(23)35-15-17-3-4-18(27)14-21(17)28)13-24-25(31)30(26(32)36-24)10-11-34-20-7-5-19(29)6-8-20/h2-9,12-14H,10-11,15H2,1H3/b24-13-. The molecule has 0 unspecified atom stereocenters. The fraction of sp³-hybridized carbons (Fsp3) is 0.154. The topological polar surface area (TPSA) is 65.1 Å². The number of ether oxygens (including phenoxy) is 3. The number of hydrogen-bond acceptors (Lipinski definition) is 6. The Morgan fingerprint density at radius 3 is 2.47 bits per heavy atom. The highest BCUT2D eigenvalue weighted by Gasteiger charge is 2.34. The fourth-order valence-electron chi connectivity index (χ4n) is 3.32. The molecule has 2 amide bonds. The summed E-state index contributed by atoms with van der Waals surface area (Å²) in [6.45, 7) is 0.377. The van der Waals surface area contributed by atoms with Gasteiger partial charge in [0.1, 0.15) is 24.8 Å². The number of amides is 2. The number of carbonyl (C=O) groups excluding carboxylic acids is 2. The normalized spacial score (nSPS) is 14.4. The van der Waals surface area contributed by atoms with Crippen molar-refractivity contribution in [1.29, 1.82) is 0 Å². The van der Waals surface area contributed by atoms with Crippen molar-refractivity contribution in [2.75, 3.05) is 20.3 Å². The maximum atomic E-state index is 13.0. The molecule has 0 spiro atoms. The number of hydrogen-bond donors (Lipinski definition) is 0. The second kappa shape index (κ2) is 11.7. The largest absolute Gasteiger partial charge is 0.493 e. The lowest BCUT2D eigenvalue weighted by Gasteiger charge is -2.13. The van der Waals surface area contributed by atoms with Gasteiger partial charge in [0, 0.05) is 15.6 Å². The molecule has 1 aliphatic heterocycles. The van der Waals surface area contributed by atoms with Gasteiger partial charge in [-0.25, -0.2) is 4.39 Å². The van der Waals surface area contributed by atoms with Gasteiger partial charge < -0.3 is 14.2 Å². The summed E-state index contributed by atoms with van der Waals surface area (Å²) < 4.78 is 29.8. The van der Waals surface area contributed by atoms with E-state index in [1.165, 1.54) is 31.4 Å². The number of carbonyl (C=O) groups is 2. The first-order valence-corrected chi connectivity index (χ1v) is 12.3. The molecular formula is C26H20Cl2FNO5S. The molecule has 1 saturated heterocycles. The molecule has 36 heavy (non-hydrogen) atoms. The van der Waals surface area contributed by atoms with E-state index in [2.05, 4.69) is 0 Å². The van der Waals surface area contributed by atoms with Gasteiger partial charge >= 0.3 is 0 Å². The number of nitrogens with zero attached hydrogens (tertiary/aromatic N) is 1. The van der Waals surface area contributed by atoms with Crippen LogP contribution in [-0.2, 0) is 11.4 Å². The van der Waals surface area contributed by atoms with Crippen LogP contribution in [0.2, 0.25) is 10.0 Å². The molecule has 1 heterocycles. The third-order valence-corrected chi connectivity index (χ3v) is 6.65. The van der Waals surface area contributed by atoms with E-state index in [0.717, 1.165) is 22.2 Å². The summed E-state index contributed by atoms with van der Waals surface area (Å²) in [5, 5.41) is 0.646. The Balaban J connectivity index is 1.40. The van der Waals surface area contributed by atoms with Crippen molar-refractivity contribution in [1.82, 2.24) is 4.90 Å². The predicted octanol–water partition coefficient (Wildman–Crippen LogP) is 6.84. The van der Waals surface area contributed by atoms with Gasteiger partial charge in [0.05, 0.1) is 18.6 Å². The van der Waals surface area contributed by atoms with Gasteiger partial charge in [0.15, 0.2) is 11.5 Å². The first kappa shape index (κ1) is 25.9. The molecular weight excluding hydrogens is 528 g/mol. The van der Waals surface area contributed by atoms with Crippen molar-refractivity contribution in [3.8, 4) is 17.2 Å². The summed E-state index contributed by atoms with van der Waals surface area (Å²) in [5.74, 6) is 0.615. The molecule has 6 nitrogen and oxygen atoms in total. The summed E-state index contributed by atoms with van der Waals surface area (Å²) in [7, 11) is 1.51. The van der Waals surface area contributed by atoms with Gasteiger partial charge in [-0.2, -0.15) is 0 Å². The van der Waals surface area contributed by atoms with Gasteiger partial charge in [-0.1, -0.05) is 35.3 Å². The maximum Gasteiger partial charge on any atom is 0.293 e. The second-order valence-corrected chi connectivity index (χ2v) is 9.41. The number of thioether (sulfide) groups is 1. The molecule has 4 rings (SSSR count). The maximum absolute atomic E-state index is 13.0. The average Bonchev–Trinajstić information content (AvgIpc) is 3.12. The zero-order valence-corrected chi connectivity index (χ0v) is 21.3. The molecule has 3 aromatic rings. The molecule has 0 atom stereocenters. The van der Waals surface area contributed by atoms with E-state index < -0.39 is 5.91 Å². The van der Waals surface area contributed by atoms with E-state index >= 15 is 0 Å². The molecule has 0 aliphatic carbocycles. The summed E-state index contributed by atoms with van der Waals surface area (Å²) in [6, 6.07) is 15.9. The molecule has 186 valence electrons. The number of imide groups is 1. The Bertz CT molecular complexity index is 1320. The summed E-state index contributed by atoms with van der Waals surface area (Å²) in [6.07, 6.45) is 1.62. The third-order valence-electron chi connectivity index (χ3n) is 5.15. The van der Waals surface area contributed by atoms with Crippen LogP contribution >= 0.6 is 35.0 Å². The van der Waals surface area contributed by atoms with Crippen LogP contribution < -0.4 is 14.2 Å². The van der Waals surface area contributed by atoms with Gasteiger partial charge in [-0.15, -0.1) is 0 Å². The first-order chi connectivity index (χ1) is 17.3. The highest BCUT2D eigenvalue weighted by molar-refractivity contribution is 8.18. The van der Waals surface area contributed by atoms with Crippen LogP contribution in [0.25, 0.3) is 6.08 Å². The minimum Gasteiger partial charge on any atom is -0.493 e. The van der Waals surface area contributed by atoms with E-state index in [1.807, 2.05) is 0 Å². The van der Waals surface area contributed by atoms with E-state index in [0.29, 0.717) is 32.9 Å². The molecule has 10 heteroatoms. The molecule has 0 bridgehead atoms. The molecule has 1 fully saturated rings. The molecule has 1 aliphatic rings. The molecule has 0 saturated carbocycles. The van der Waals surface area contributed by atoms with Crippen molar-refractivity contribution < 1.29 is 28.2 Å². The number of methoxy groups -OCH3 is 1. The van der Waals surface area contributed by atoms with Crippen LogP contribution in [0.4, 0.5) is 9.18 Å². The van der Waals surface area contributed by atoms with Gasteiger partial charge in [0.25, 0.3) is 11.1 Å². The average molecular weight is 548 g/mol. The Labute approximate surface area is 221 Å². The molecule has 0 radical (unpaired) electrons. The van der Waals surface area contributed by atoms with Gasteiger partial charge in [0.2, 0.25) is 0 Å². The fourth-order valence-corrected chi connectivity index (χ4v) is 4.65. The lowest BCUT2D eigenvalue weighted by atomic mass is 10.1. The smallest absolute Gasteiger partial charge is 0.293 e. The Morgan fingerprint density at radius 1 is 0.972 bits per heavy atom. The zero-order valence-electron chi connectivity index (χ0n) is 19.0. The second-order valence-electron chi connectivity index (χ2n) is 7.57. The predicted molar refractivity (Wildman–Crippen MR) is 138 cm³/mol. The lowest BCUT2D eigenvalue weighted by Crippen LogP contribution is -2.32. The van der Waals surface area contributed by atoms with Crippen LogP contribution in [0, 0.1) is 5.82 Å². The number of rotatable bonds is 9. The summed E-state index contributed by atoms with van der Waals surface area (Å²) >= 11 is 13.0. The van der Waals surface area contributed by atoms with Crippen LogP contribution in [0.5, 0.6) is 17.2 Å². The molecule has 3 aromatic carbocycles. The first-order valence-electron chi connectivity index (χ1n) is 10.7. The quantitative estimate of drug-likeness (QED) is 0.273. The highest BCUT2D eigenvalue weighted by atomic mass is 35.5. The van der Waals surface area contributed by atoms with Crippen molar-refractivity contribution in [3.63, 3.8) is 0 Å². The van der Waals surface area contributed by atoms with Crippen LogP contribution in [-0.4, -0.2) is 36.3 Å². The van der Waals surface area contributed by atoms with E-state index in [-0.39, 0.29) is 35.7 Å². The molecule has 0 aromatic heterocycles. The minimum atomic E-state index is -0.413. The molecule has 0 N–H and O–H groups in total. The Morgan fingerprint density at radius 2 is 1.75 bits per heavy atom. The minimum absolute atomic E-state index is 0.0722. The van der Waals surface area contributed by atoms with Gasteiger partial charge in [-0.3, -0.25) is 14.5 Å². The van der Waals surface area contributed by atoms with E-state index in [4.69, 9.17) is 37.4 Å². The van der Waals surface area contributed by atoms with E-state index in [9.17, 15) is 14.0 Å². The number of benzene rings is 3. The van der Waals surface area contributed by atoms with E-state index in [1.54, 1.807) is 42.5 Å². The Kier molecular flexibility index (Phi) is 8.40. The SMILES string of the molecule is COc1cc(/C=C2\SC(=O)N(CCOc3ccc(F)cc3)C2=O)ccc1OCc1ccc(Cl)cc1Cl. The van der Waals surface area contributed by atoms with Crippen molar-refractivity contribution in [2.24, 2.45) is 0 Å². The zero-order chi connectivity index (χ0) is 25.7. The van der Waals surface area contributed by atoms with Crippen LogP contribution in [0.15, 0.2) is 65.6 Å². The highest BCUT2D eigenvalue weighted by Crippen LogP contribution is 2.35. The summed E-state index contributed by atoms with van der Waals surface area (Å²) in [4.78, 5) is 26.6. The lowest BCUT2D eigenvalue weighted by molar-refractivity contribution is -0.123.